The second-order valence-corrected chi connectivity index (χ2v) is 7.68. The monoisotopic (exact) mass is 410 g/mol. The number of halogens is 1. The molecule has 5 rings (SSSR count). The van der Waals surface area contributed by atoms with Crippen LogP contribution in [0.15, 0.2) is 60.7 Å². The maximum Gasteiger partial charge on any atom is 0.227 e. The van der Waals surface area contributed by atoms with Crippen molar-refractivity contribution < 1.29 is 9.18 Å². The minimum atomic E-state index is -0.370. The molecule has 6 heteroatoms. The minimum absolute atomic E-state index is 0.124. The Hall–Kier alpha value is -3.98. The Morgan fingerprint density at radius 3 is 2.58 bits per heavy atom. The Morgan fingerprint density at radius 2 is 1.87 bits per heavy atom. The molecule has 2 heterocycles. The molecule has 0 atom stereocenters. The number of nitriles is 1. The van der Waals surface area contributed by atoms with Gasteiger partial charge in [0.15, 0.2) is 5.82 Å². The van der Waals surface area contributed by atoms with E-state index in [-0.39, 0.29) is 11.7 Å². The van der Waals surface area contributed by atoms with E-state index in [4.69, 9.17) is 0 Å². The molecule has 31 heavy (non-hydrogen) atoms. The van der Waals surface area contributed by atoms with E-state index in [1.54, 1.807) is 39.9 Å². The van der Waals surface area contributed by atoms with Gasteiger partial charge in [0.25, 0.3) is 0 Å². The molecule has 0 N–H and O–H groups in total. The fourth-order valence-electron chi connectivity index (χ4n) is 4.18. The minimum Gasteiger partial charge on any atom is -0.312 e. The molecule has 1 aromatic heterocycles. The van der Waals surface area contributed by atoms with Gasteiger partial charge < -0.3 is 4.90 Å². The highest BCUT2D eigenvalue weighted by Crippen LogP contribution is 2.33. The zero-order chi connectivity index (χ0) is 21.5. The summed E-state index contributed by atoms with van der Waals surface area (Å²) >= 11 is 0. The lowest BCUT2D eigenvalue weighted by atomic mass is 10.0. The second-order valence-electron chi connectivity index (χ2n) is 7.68. The third-order valence-electron chi connectivity index (χ3n) is 5.75. The lowest BCUT2D eigenvalue weighted by molar-refractivity contribution is -0.117. The van der Waals surface area contributed by atoms with E-state index in [1.165, 1.54) is 0 Å². The van der Waals surface area contributed by atoms with Crippen LogP contribution in [0.2, 0.25) is 0 Å². The largest absolute Gasteiger partial charge is 0.312 e. The van der Waals surface area contributed by atoms with Crippen LogP contribution < -0.4 is 4.90 Å². The van der Waals surface area contributed by atoms with Crippen LogP contribution in [0.25, 0.3) is 27.7 Å². The molecule has 1 aliphatic rings. The van der Waals surface area contributed by atoms with Crippen molar-refractivity contribution in [1.29, 1.82) is 5.26 Å². The normalized spacial score (nSPS) is 13.7. The predicted octanol–water partition coefficient (Wildman–Crippen LogP) is 5.14. The fraction of sp³-hybridized carbons (Fsp3) is 0.160. The van der Waals surface area contributed by atoms with E-state index < -0.39 is 0 Å². The highest BCUT2D eigenvalue weighted by atomic mass is 19.1. The quantitative estimate of drug-likeness (QED) is 0.470. The Bertz CT molecular complexity index is 1370. The van der Waals surface area contributed by atoms with Crippen LogP contribution >= 0.6 is 0 Å². The number of rotatable bonds is 3. The van der Waals surface area contributed by atoms with Gasteiger partial charge in [0.05, 0.1) is 23.0 Å². The Kier molecular flexibility index (Phi) is 4.52. The molecular formula is C25H19FN4O. The average Bonchev–Trinajstić information content (AvgIpc) is 3.38. The van der Waals surface area contributed by atoms with Crippen molar-refractivity contribution in [3.05, 3.63) is 77.7 Å². The molecule has 1 aliphatic heterocycles. The molecule has 1 saturated heterocycles. The molecule has 0 unspecified atom stereocenters. The Balaban J connectivity index is 1.61. The number of benzene rings is 3. The van der Waals surface area contributed by atoms with Crippen molar-refractivity contribution in [2.45, 2.75) is 19.8 Å². The van der Waals surface area contributed by atoms with Gasteiger partial charge in [-0.25, -0.2) is 9.07 Å². The topological polar surface area (TPSA) is 61.9 Å². The van der Waals surface area contributed by atoms with Gasteiger partial charge in [-0.2, -0.15) is 10.4 Å². The van der Waals surface area contributed by atoms with Crippen molar-refractivity contribution in [2.75, 3.05) is 11.4 Å². The summed E-state index contributed by atoms with van der Waals surface area (Å²) in [5, 5.41) is 14.5. The van der Waals surface area contributed by atoms with Crippen molar-refractivity contribution in [3.8, 4) is 22.9 Å². The number of amides is 1. The van der Waals surface area contributed by atoms with E-state index in [0.29, 0.717) is 34.4 Å². The van der Waals surface area contributed by atoms with Gasteiger partial charge in [0, 0.05) is 29.6 Å². The molecule has 3 aromatic carbocycles. The van der Waals surface area contributed by atoms with E-state index in [9.17, 15) is 10.1 Å². The summed E-state index contributed by atoms with van der Waals surface area (Å²) in [6.45, 7) is 2.56. The third-order valence-corrected chi connectivity index (χ3v) is 5.75. The molecule has 0 bridgehead atoms. The number of aromatic nitrogens is 2. The van der Waals surface area contributed by atoms with Crippen LogP contribution in [0, 0.1) is 24.1 Å². The molecule has 1 amide bonds. The first kappa shape index (κ1) is 19.0. The molecule has 5 nitrogen and oxygen atoms in total. The summed E-state index contributed by atoms with van der Waals surface area (Å²) < 4.78 is 17.3. The van der Waals surface area contributed by atoms with Crippen LogP contribution in [0.5, 0.6) is 0 Å². The predicted molar refractivity (Wildman–Crippen MR) is 118 cm³/mol. The van der Waals surface area contributed by atoms with Gasteiger partial charge in [0.1, 0.15) is 5.52 Å². The molecule has 4 aromatic rings. The van der Waals surface area contributed by atoms with E-state index in [2.05, 4.69) is 11.2 Å². The number of carbonyl (C=O) groups is 1. The van der Waals surface area contributed by atoms with Crippen LogP contribution in [-0.4, -0.2) is 22.2 Å². The summed E-state index contributed by atoms with van der Waals surface area (Å²) in [7, 11) is 0. The summed E-state index contributed by atoms with van der Waals surface area (Å²) in [6, 6.07) is 20.1. The highest BCUT2D eigenvalue weighted by Gasteiger charge is 2.22. The summed E-state index contributed by atoms with van der Waals surface area (Å²) in [5.74, 6) is -0.246. The SMILES string of the molecule is Cc1nn(-c2cccc(C#N)c2)c2c(F)c(-c3ccc(N4CCCC4=O)cc3)ccc12. The summed E-state index contributed by atoms with van der Waals surface area (Å²) in [6.07, 6.45) is 1.44. The first-order valence-electron chi connectivity index (χ1n) is 10.2. The van der Waals surface area contributed by atoms with Crippen molar-refractivity contribution in [2.24, 2.45) is 0 Å². The van der Waals surface area contributed by atoms with Crippen molar-refractivity contribution >= 4 is 22.5 Å². The van der Waals surface area contributed by atoms with Gasteiger partial charge in [-0.3, -0.25) is 4.79 Å². The van der Waals surface area contributed by atoms with Gasteiger partial charge in [-0.05, 0) is 49.2 Å². The maximum absolute atomic E-state index is 15.8. The smallest absolute Gasteiger partial charge is 0.227 e. The Labute approximate surface area is 178 Å². The number of nitrogens with zero attached hydrogens (tertiary/aromatic N) is 4. The van der Waals surface area contributed by atoms with Gasteiger partial charge in [0.2, 0.25) is 5.91 Å². The number of hydrogen-bond acceptors (Lipinski definition) is 3. The summed E-state index contributed by atoms with van der Waals surface area (Å²) in [5.41, 5.74) is 4.24. The lowest BCUT2D eigenvalue weighted by Gasteiger charge is -2.16. The number of hydrogen-bond donors (Lipinski definition) is 0. The summed E-state index contributed by atoms with van der Waals surface area (Å²) in [4.78, 5) is 13.8. The van der Waals surface area contributed by atoms with Crippen LogP contribution in [0.4, 0.5) is 10.1 Å². The molecular weight excluding hydrogens is 391 g/mol. The first-order valence-corrected chi connectivity index (χ1v) is 10.2. The van der Waals surface area contributed by atoms with Gasteiger partial charge in [-0.15, -0.1) is 0 Å². The molecule has 0 aliphatic carbocycles. The van der Waals surface area contributed by atoms with E-state index >= 15 is 4.39 Å². The number of fused-ring (bicyclic) bond motifs is 1. The highest BCUT2D eigenvalue weighted by molar-refractivity contribution is 5.95. The molecule has 0 spiro atoms. The molecule has 1 fully saturated rings. The van der Waals surface area contributed by atoms with E-state index in [0.717, 1.165) is 29.6 Å². The number of aryl methyl sites for hydroxylation is 1. The standard InChI is InChI=1S/C25H19FN4O/c1-16-21-11-12-22(18-7-9-19(10-8-18)29-13-3-6-23(29)31)24(26)25(21)30(28-16)20-5-2-4-17(14-20)15-27/h2,4-5,7-12,14H,3,6,13H2,1H3. The third kappa shape index (κ3) is 3.15. The maximum atomic E-state index is 15.8. The Morgan fingerprint density at radius 1 is 1.06 bits per heavy atom. The fourth-order valence-corrected chi connectivity index (χ4v) is 4.18. The van der Waals surface area contributed by atoms with Crippen molar-refractivity contribution in [3.63, 3.8) is 0 Å². The average molecular weight is 410 g/mol. The van der Waals surface area contributed by atoms with Crippen LogP contribution in [-0.2, 0) is 4.79 Å². The number of anilines is 1. The van der Waals surface area contributed by atoms with Gasteiger partial charge >= 0.3 is 0 Å². The second kappa shape index (κ2) is 7.37. The lowest BCUT2D eigenvalue weighted by Crippen LogP contribution is -2.23. The zero-order valence-corrected chi connectivity index (χ0v) is 17.0. The number of carbonyl (C=O) groups excluding carboxylic acids is 1. The first-order chi connectivity index (χ1) is 15.1. The zero-order valence-electron chi connectivity index (χ0n) is 17.0. The molecule has 0 radical (unpaired) electrons. The van der Waals surface area contributed by atoms with Crippen LogP contribution in [0.1, 0.15) is 24.1 Å². The van der Waals surface area contributed by atoms with E-state index in [1.807, 2.05) is 37.3 Å². The molecule has 0 saturated carbocycles. The molecule has 152 valence electrons. The van der Waals surface area contributed by atoms with Gasteiger partial charge in [-0.1, -0.05) is 30.3 Å². The van der Waals surface area contributed by atoms with Crippen molar-refractivity contribution in [1.82, 2.24) is 9.78 Å². The van der Waals surface area contributed by atoms with Crippen LogP contribution in [0.3, 0.4) is 0 Å².